The number of aryl methyl sites for hydroxylation is 2. The summed E-state index contributed by atoms with van der Waals surface area (Å²) in [6, 6.07) is 10.4. The van der Waals surface area contributed by atoms with E-state index in [0.29, 0.717) is 0 Å². The first-order chi connectivity index (χ1) is 12.4. The summed E-state index contributed by atoms with van der Waals surface area (Å²) in [5, 5.41) is 3.34. The van der Waals surface area contributed by atoms with E-state index in [1.807, 2.05) is 26.2 Å². The minimum atomic E-state index is -0.635. The van der Waals surface area contributed by atoms with Gasteiger partial charge in [0.15, 0.2) is 5.72 Å². The number of benzene rings is 2. The monoisotopic (exact) mass is 348 g/mol. The Bertz CT molecular complexity index is 1030. The largest absolute Gasteiger partial charge is 0.466 e. The molecule has 1 N–H and O–H groups in total. The predicted molar refractivity (Wildman–Crippen MR) is 106 cm³/mol. The maximum atomic E-state index is 6.13. The van der Waals surface area contributed by atoms with Crippen LogP contribution in [-0.2, 0) is 0 Å². The van der Waals surface area contributed by atoms with Crippen LogP contribution in [0.2, 0.25) is 0 Å². The van der Waals surface area contributed by atoms with Crippen molar-refractivity contribution in [1.82, 2.24) is 9.55 Å². The first-order valence-corrected chi connectivity index (χ1v) is 9.00. The fraction of sp³-hybridized carbons (Fsp3) is 0.333. The van der Waals surface area contributed by atoms with Crippen LogP contribution in [0.25, 0.3) is 11.0 Å². The molecule has 5 heteroatoms. The highest BCUT2D eigenvalue weighted by Crippen LogP contribution is 2.34. The molecule has 0 spiro atoms. The number of hydrogen-bond donors (Lipinski definition) is 1. The summed E-state index contributed by atoms with van der Waals surface area (Å²) in [5.41, 5.74) is 5.91. The zero-order valence-corrected chi connectivity index (χ0v) is 15.9. The molecule has 1 aliphatic rings. The maximum absolute atomic E-state index is 6.13. The third kappa shape index (κ3) is 2.64. The second-order valence-corrected chi connectivity index (χ2v) is 7.22. The lowest BCUT2D eigenvalue weighted by Gasteiger charge is -2.30. The van der Waals surface area contributed by atoms with Gasteiger partial charge in [-0.3, -0.25) is 4.57 Å². The van der Waals surface area contributed by atoms with Crippen LogP contribution in [0.5, 0.6) is 5.75 Å². The Morgan fingerprint density at radius 2 is 1.96 bits per heavy atom. The van der Waals surface area contributed by atoms with Crippen molar-refractivity contribution in [3.63, 3.8) is 0 Å². The number of nitrogens with zero attached hydrogens (tertiary/aromatic N) is 3. The van der Waals surface area contributed by atoms with Gasteiger partial charge in [-0.05, 0) is 63.9 Å². The first-order valence-electron chi connectivity index (χ1n) is 9.00. The molecule has 3 aromatic rings. The molecule has 0 atom stereocenters. The van der Waals surface area contributed by atoms with Crippen LogP contribution in [0.1, 0.15) is 37.5 Å². The molecule has 0 unspecified atom stereocenters. The van der Waals surface area contributed by atoms with Crippen LogP contribution in [0.4, 0.5) is 5.69 Å². The Morgan fingerprint density at radius 3 is 2.73 bits per heavy atom. The van der Waals surface area contributed by atoms with Gasteiger partial charge in [0, 0.05) is 18.3 Å². The minimum absolute atomic E-state index is 0.635. The molecular weight excluding hydrogens is 324 g/mol. The zero-order valence-electron chi connectivity index (χ0n) is 15.9. The number of aromatic nitrogens is 2. The SMILES string of the molecule is CCNc1ccc2c(c1)OC(C)(C)N=C2n1cnc2c(C)c(C)ccc21. The highest BCUT2D eigenvalue weighted by molar-refractivity contribution is 6.07. The molecule has 1 aromatic heterocycles. The summed E-state index contributed by atoms with van der Waals surface area (Å²) < 4.78 is 8.20. The van der Waals surface area contributed by atoms with E-state index in [1.165, 1.54) is 11.1 Å². The fourth-order valence-corrected chi connectivity index (χ4v) is 3.39. The molecule has 0 bridgehead atoms. The number of nitrogens with one attached hydrogen (secondary N) is 1. The highest BCUT2D eigenvalue weighted by Gasteiger charge is 2.30. The number of rotatable bonds is 2. The van der Waals surface area contributed by atoms with Crippen molar-refractivity contribution in [2.45, 2.75) is 40.3 Å². The van der Waals surface area contributed by atoms with Crippen LogP contribution in [-0.4, -0.2) is 27.7 Å². The number of aliphatic imine (C=N–C) groups is 1. The zero-order chi connectivity index (χ0) is 18.5. The number of ether oxygens (including phenoxy) is 1. The minimum Gasteiger partial charge on any atom is -0.466 e. The predicted octanol–water partition coefficient (Wildman–Crippen LogP) is 4.51. The lowest BCUT2D eigenvalue weighted by molar-refractivity contribution is 0.115. The Hall–Kier alpha value is -2.82. The molecule has 0 amide bonds. The summed E-state index contributed by atoms with van der Waals surface area (Å²) in [4.78, 5) is 9.52. The summed E-state index contributed by atoms with van der Waals surface area (Å²) in [6.07, 6.45) is 1.86. The van der Waals surface area contributed by atoms with Gasteiger partial charge in [0.25, 0.3) is 0 Å². The van der Waals surface area contributed by atoms with Crippen molar-refractivity contribution in [3.8, 4) is 5.75 Å². The van der Waals surface area contributed by atoms with Crippen LogP contribution >= 0.6 is 0 Å². The molecule has 0 saturated heterocycles. The lowest BCUT2D eigenvalue weighted by Crippen LogP contribution is -2.34. The lowest BCUT2D eigenvalue weighted by atomic mass is 10.1. The van der Waals surface area contributed by atoms with Crippen molar-refractivity contribution in [3.05, 3.63) is 53.3 Å². The Balaban J connectivity index is 1.92. The first kappa shape index (κ1) is 16.6. The fourth-order valence-electron chi connectivity index (χ4n) is 3.39. The molecule has 2 aromatic carbocycles. The molecule has 0 aliphatic carbocycles. The third-order valence-corrected chi connectivity index (χ3v) is 4.81. The van der Waals surface area contributed by atoms with Gasteiger partial charge in [0.1, 0.15) is 17.9 Å². The average molecular weight is 348 g/mol. The van der Waals surface area contributed by atoms with Gasteiger partial charge in [0.2, 0.25) is 0 Å². The Labute approximate surface area is 153 Å². The number of anilines is 1. The highest BCUT2D eigenvalue weighted by atomic mass is 16.5. The number of hydrogen-bond acceptors (Lipinski definition) is 4. The van der Waals surface area contributed by atoms with E-state index in [4.69, 9.17) is 9.73 Å². The van der Waals surface area contributed by atoms with Gasteiger partial charge in [0.05, 0.1) is 16.6 Å². The van der Waals surface area contributed by atoms with Gasteiger partial charge >= 0.3 is 0 Å². The number of fused-ring (bicyclic) bond motifs is 2. The van der Waals surface area contributed by atoms with Crippen molar-refractivity contribution in [1.29, 1.82) is 0 Å². The van der Waals surface area contributed by atoms with E-state index in [9.17, 15) is 0 Å². The molecule has 2 heterocycles. The van der Waals surface area contributed by atoms with Gasteiger partial charge in [-0.1, -0.05) is 6.07 Å². The van der Waals surface area contributed by atoms with Gasteiger partial charge < -0.3 is 10.1 Å². The smallest absolute Gasteiger partial charge is 0.196 e. The maximum Gasteiger partial charge on any atom is 0.196 e. The number of imidazole rings is 1. The van der Waals surface area contributed by atoms with E-state index in [2.05, 4.69) is 59.9 Å². The van der Waals surface area contributed by atoms with Gasteiger partial charge in [-0.2, -0.15) is 0 Å². The molecular formula is C21H24N4O. The second kappa shape index (κ2) is 5.87. The van der Waals surface area contributed by atoms with Gasteiger partial charge in [-0.25, -0.2) is 9.98 Å². The van der Waals surface area contributed by atoms with Crippen LogP contribution in [0, 0.1) is 13.8 Å². The van der Waals surface area contributed by atoms with Gasteiger partial charge in [-0.15, -0.1) is 0 Å². The van der Waals surface area contributed by atoms with E-state index in [-0.39, 0.29) is 0 Å². The van der Waals surface area contributed by atoms with Crippen molar-refractivity contribution in [2.75, 3.05) is 11.9 Å². The van der Waals surface area contributed by atoms with Crippen LogP contribution < -0.4 is 10.1 Å². The molecule has 26 heavy (non-hydrogen) atoms. The third-order valence-electron chi connectivity index (χ3n) is 4.81. The topological polar surface area (TPSA) is 51.4 Å². The molecule has 5 nitrogen and oxygen atoms in total. The van der Waals surface area contributed by atoms with Crippen LogP contribution in [0.15, 0.2) is 41.7 Å². The summed E-state index contributed by atoms with van der Waals surface area (Å²) >= 11 is 0. The average Bonchev–Trinajstić information content (AvgIpc) is 3.01. The summed E-state index contributed by atoms with van der Waals surface area (Å²) in [5.74, 6) is 1.70. The van der Waals surface area contributed by atoms with E-state index >= 15 is 0 Å². The molecule has 0 radical (unpaired) electrons. The molecule has 4 rings (SSSR count). The van der Waals surface area contributed by atoms with E-state index in [1.54, 1.807) is 0 Å². The van der Waals surface area contributed by atoms with Crippen molar-refractivity contribution in [2.24, 2.45) is 4.99 Å². The molecule has 0 saturated carbocycles. The Kier molecular flexibility index (Phi) is 3.75. The molecule has 1 aliphatic heterocycles. The molecule has 0 fully saturated rings. The second-order valence-electron chi connectivity index (χ2n) is 7.22. The summed E-state index contributed by atoms with van der Waals surface area (Å²) in [6.45, 7) is 11.1. The molecule has 134 valence electrons. The van der Waals surface area contributed by atoms with E-state index < -0.39 is 5.72 Å². The Morgan fingerprint density at radius 1 is 1.15 bits per heavy atom. The quantitative estimate of drug-likeness (QED) is 0.741. The van der Waals surface area contributed by atoms with Crippen molar-refractivity contribution >= 4 is 22.6 Å². The summed E-state index contributed by atoms with van der Waals surface area (Å²) in [7, 11) is 0. The normalized spacial score (nSPS) is 15.3. The van der Waals surface area contributed by atoms with Crippen molar-refractivity contribution < 1.29 is 4.74 Å². The van der Waals surface area contributed by atoms with E-state index in [0.717, 1.165) is 40.4 Å². The van der Waals surface area contributed by atoms with Crippen LogP contribution in [0.3, 0.4) is 0 Å². The standard InChI is InChI=1S/C21H24N4O/c1-6-22-15-8-9-16-18(11-15)26-21(4,5)24-20(16)25-12-23-19-14(3)13(2)7-10-17(19)25/h7-12,22H,6H2,1-5H3.